The first kappa shape index (κ1) is 22.7. The number of halogens is 3. The Morgan fingerprint density at radius 3 is 2.78 bits per heavy atom. The number of aromatic nitrogens is 7. The van der Waals surface area contributed by atoms with Crippen molar-refractivity contribution in [3.63, 3.8) is 0 Å². The summed E-state index contributed by atoms with van der Waals surface area (Å²) >= 11 is 0. The van der Waals surface area contributed by atoms with Gasteiger partial charge in [-0.25, -0.2) is 4.98 Å². The number of H-pyrrole nitrogens is 1. The highest BCUT2D eigenvalue weighted by Gasteiger charge is 2.38. The van der Waals surface area contributed by atoms with Gasteiger partial charge in [-0.2, -0.15) is 23.3 Å². The molecule has 2 fully saturated rings. The van der Waals surface area contributed by atoms with Crippen LogP contribution in [0.1, 0.15) is 43.0 Å². The molecule has 188 valence electrons. The molecule has 5 heterocycles. The number of hydrogen-bond acceptors (Lipinski definition) is 8. The monoisotopic (exact) mass is 500 g/mol. The summed E-state index contributed by atoms with van der Waals surface area (Å²) in [7, 11) is 0. The molecule has 0 amide bonds. The van der Waals surface area contributed by atoms with E-state index in [1.54, 1.807) is 6.20 Å². The summed E-state index contributed by atoms with van der Waals surface area (Å²) in [5.74, 6) is 0.591. The van der Waals surface area contributed by atoms with Gasteiger partial charge in [0.1, 0.15) is 17.5 Å². The van der Waals surface area contributed by atoms with E-state index in [0.717, 1.165) is 48.2 Å². The molecule has 1 aliphatic heterocycles. The average molecular weight is 500 g/mol. The van der Waals surface area contributed by atoms with Gasteiger partial charge >= 0.3 is 6.18 Å². The molecule has 36 heavy (non-hydrogen) atoms. The van der Waals surface area contributed by atoms with Crippen LogP contribution < -0.4 is 10.1 Å². The van der Waals surface area contributed by atoms with E-state index in [0.29, 0.717) is 6.42 Å². The highest BCUT2D eigenvalue weighted by Crippen LogP contribution is 2.37. The Balaban J connectivity index is 1.21. The normalized spacial score (nSPS) is 20.9. The predicted octanol–water partition coefficient (Wildman–Crippen LogP) is 3.84. The van der Waals surface area contributed by atoms with Crippen molar-refractivity contribution in [3.8, 4) is 17.1 Å². The number of rotatable bonds is 6. The number of pyridine rings is 1. The van der Waals surface area contributed by atoms with Crippen molar-refractivity contribution < 1.29 is 22.6 Å². The first-order chi connectivity index (χ1) is 17.4. The number of nitrogens with one attached hydrogen (secondary N) is 2. The molecule has 1 saturated carbocycles. The van der Waals surface area contributed by atoms with Crippen molar-refractivity contribution in [2.24, 2.45) is 0 Å². The number of aromatic amines is 1. The molecular formula is C23H23F3N8O2. The Kier molecular flexibility index (Phi) is 5.70. The number of anilines is 1. The van der Waals surface area contributed by atoms with Crippen LogP contribution in [0, 0.1) is 0 Å². The van der Waals surface area contributed by atoms with Gasteiger partial charge in [0, 0.05) is 36.1 Å². The van der Waals surface area contributed by atoms with Crippen molar-refractivity contribution in [2.75, 3.05) is 18.5 Å². The second-order valence-corrected chi connectivity index (χ2v) is 9.07. The van der Waals surface area contributed by atoms with Gasteiger partial charge in [-0.1, -0.05) is 6.42 Å². The minimum atomic E-state index is -4.61. The fourth-order valence-corrected chi connectivity index (χ4v) is 4.66. The SMILES string of the molecule is FC(F)(F)c1cnc(N[C@@H]2CCC[C@H](c3nnc4ccc(-c5ccn[nH]5)cn34)C2)nc1OC1COC1. The van der Waals surface area contributed by atoms with Crippen LogP contribution in [0.25, 0.3) is 16.9 Å². The van der Waals surface area contributed by atoms with E-state index in [9.17, 15) is 13.2 Å². The van der Waals surface area contributed by atoms with Crippen molar-refractivity contribution in [1.29, 1.82) is 0 Å². The molecule has 2 aliphatic rings. The van der Waals surface area contributed by atoms with E-state index < -0.39 is 23.7 Å². The van der Waals surface area contributed by atoms with Gasteiger partial charge in [0.25, 0.3) is 0 Å². The smallest absolute Gasteiger partial charge is 0.423 e. The van der Waals surface area contributed by atoms with Gasteiger partial charge in [-0.3, -0.25) is 9.50 Å². The molecule has 6 rings (SSSR count). The highest BCUT2D eigenvalue weighted by molar-refractivity contribution is 5.60. The summed E-state index contributed by atoms with van der Waals surface area (Å²) < 4.78 is 52.7. The summed E-state index contributed by atoms with van der Waals surface area (Å²) in [5, 5.41) is 19.0. The third kappa shape index (κ3) is 4.45. The summed E-state index contributed by atoms with van der Waals surface area (Å²) in [4.78, 5) is 8.00. The molecule has 0 radical (unpaired) electrons. The molecule has 0 bridgehead atoms. The van der Waals surface area contributed by atoms with E-state index in [1.807, 2.05) is 28.8 Å². The topological polar surface area (TPSA) is 115 Å². The van der Waals surface area contributed by atoms with Crippen molar-refractivity contribution in [3.05, 3.63) is 48.2 Å². The molecule has 2 N–H and O–H groups in total. The third-order valence-corrected chi connectivity index (χ3v) is 6.56. The van der Waals surface area contributed by atoms with Crippen molar-refractivity contribution in [1.82, 2.24) is 34.8 Å². The predicted molar refractivity (Wildman–Crippen MR) is 121 cm³/mol. The fourth-order valence-electron chi connectivity index (χ4n) is 4.66. The maximum atomic E-state index is 13.4. The van der Waals surface area contributed by atoms with E-state index >= 15 is 0 Å². The lowest BCUT2D eigenvalue weighted by molar-refractivity contribution is -0.142. The minimum absolute atomic E-state index is 0.0384. The quantitative estimate of drug-likeness (QED) is 0.410. The molecule has 10 nitrogen and oxygen atoms in total. The first-order valence-electron chi connectivity index (χ1n) is 11.7. The fraction of sp³-hybridized carbons (Fsp3) is 0.435. The maximum Gasteiger partial charge on any atom is 0.423 e. The standard InChI is InChI=1S/C23H23F3N8O2/c24-23(25,26)17-9-27-22(30-21(17)36-16-11-35-12-16)29-15-3-1-2-13(8-15)20-33-32-19-5-4-14(10-34(19)20)18-6-7-28-31-18/h4-7,9-10,13,15-16H,1-3,8,11-12H2,(H,28,31)(H,27,29,30)/t13-,15+/m0/s1. The van der Waals surface area contributed by atoms with Crippen molar-refractivity contribution in [2.45, 2.75) is 49.9 Å². The highest BCUT2D eigenvalue weighted by atomic mass is 19.4. The lowest BCUT2D eigenvalue weighted by Gasteiger charge is -2.30. The number of fused-ring (bicyclic) bond motifs is 1. The van der Waals surface area contributed by atoms with Crippen LogP contribution >= 0.6 is 0 Å². The molecule has 1 saturated heterocycles. The lowest BCUT2D eigenvalue weighted by Crippen LogP contribution is -2.39. The molecule has 13 heteroatoms. The van der Waals surface area contributed by atoms with Gasteiger partial charge in [0.15, 0.2) is 5.65 Å². The van der Waals surface area contributed by atoms with Gasteiger partial charge in [0.05, 0.1) is 18.9 Å². The zero-order chi connectivity index (χ0) is 24.7. The summed E-state index contributed by atoms with van der Waals surface area (Å²) in [5.41, 5.74) is 1.61. The van der Waals surface area contributed by atoms with E-state index in [-0.39, 0.29) is 31.1 Å². The Hall–Kier alpha value is -3.74. The van der Waals surface area contributed by atoms with Crippen LogP contribution in [0.4, 0.5) is 19.1 Å². The largest absolute Gasteiger partial charge is 0.469 e. The Bertz CT molecular complexity index is 1350. The summed E-state index contributed by atoms with van der Waals surface area (Å²) in [6.07, 6.45) is 2.80. The van der Waals surface area contributed by atoms with Crippen LogP contribution in [0.3, 0.4) is 0 Å². The van der Waals surface area contributed by atoms with E-state index in [4.69, 9.17) is 9.47 Å². The molecular weight excluding hydrogens is 477 g/mol. The molecule has 0 unspecified atom stereocenters. The molecule has 4 aromatic heterocycles. The number of nitrogens with zero attached hydrogens (tertiary/aromatic N) is 6. The van der Waals surface area contributed by atoms with E-state index in [2.05, 4.69) is 35.7 Å². The average Bonchev–Trinajstić information content (AvgIpc) is 3.51. The minimum Gasteiger partial charge on any atom is -0.469 e. The van der Waals surface area contributed by atoms with Gasteiger partial charge in [0.2, 0.25) is 11.8 Å². The number of alkyl halides is 3. The van der Waals surface area contributed by atoms with Crippen molar-refractivity contribution >= 4 is 11.6 Å². The number of hydrogen-bond donors (Lipinski definition) is 2. The van der Waals surface area contributed by atoms with Gasteiger partial charge in [-0.15, -0.1) is 10.2 Å². The van der Waals surface area contributed by atoms with Crippen LogP contribution in [0.2, 0.25) is 0 Å². The molecule has 2 atom stereocenters. The molecule has 4 aromatic rings. The second kappa shape index (κ2) is 9.04. The first-order valence-corrected chi connectivity index (χ1v) is 11.7. The van der Waals surface area contributed by atoms with Gasteiger partial charge in [-0.05, 0) is 37.5 Å². The lowest BCUT2D eigenvalue weighted by atomic mass is 9.85. The summed E-state index contributed by atoms with van der Waals surface area (Å²) in [6.45, 7) is 0.478. The van der Waals surface area contributed by atoms with Gasteiger partial charge < -0.3 is 14.8 Å². The second-order valence-electron chi connectivity index (χ2n) is 9.07. The maximum absolute atomic E-state index is 13.4. The third-order valence-electron chi connectivity index (χ3n) is 6.56. The molecule has 0 aromatic carbocycles. The van der Waals surface area contributed by atoms with Crippen LogP contribution in [-0.2, 0) is 10.9 Å². The Morgan fingerprint density at radius 2 is 2.03 bits per heavy atom. The Labute approximate surface area is 203 Å². The molecule has 0 spiro atoms. The van der Waals surface area contributed by atoms with Crippen LogP contribution in [0.5, 0.6) is 5.88 Å². The molecule has 1 aliphatic carbocycles. The Morgan fingerprint density at radius 1 is 1.14 bits per heavy atom. The van der Waals surface area contributed by atoms with E-state index in [1.165, 1.54) is 0 Å². The number of ether oxygens (including phenoxy) is 2. The summed E-state index contributed by atoms with van der Waals surface area (Å²) in [6, 6.07) is 5.73. The van der Waals surface area contributed by atoms with Crippen LogP contribution in [0.15, 0.2) is 36.8 Å². The zero-order valence-corrected chi connectivity index (χ0v) is 19.1. The van der Waals surface area contributed by atoms with Crippen LogP contribution in [-0.4, -0.2) is 60.1 Å². The zero-order valence-electron chi connectivity index (χ0n) is 19.1.